The van der Waals surface area contributed by atoms with E-state index in [2.05, 4.69) is 10.1 Å². The van der Waals surface area contributed by atoms with E-state index < -0.39 is 18.1 Å². The van der Waals surface area contributed by atoms with Crippen LogP contribution in [-0.4, -0.2) is 24.2 Å². The summed E-state index contributed by atoms with van der Waals surface area (Å²) in [5.41, 5.74) is -1.04. The summed E-state index contributed by atoms with van der Waals surface area (Å²) in [7, 11) is 0. The number of amides is 1. The first-order chi connectivity index (χ1) is 11.3. The molecule has 2 N–H and O–H groups in total. The van der Waals surface area contributed by atoms with Gasteiger partial charge in [0.1, 0.15) is 22.9 Å². The van der Waals surface area contributed by atoms with Crippen molar-refractivity contribution in [2.45, 2.75) is 32.5 Å². The number of hydrogen-bond acceptors (Lipinski definition) is 4. The van der Waals surface area contributed by atoms with Gasteiger partial charge in [-0.05, 0) is 32.0 Å². The van der Waals surface area contributed by atoms with Crippen molar-refractivity contribution >= 4 is 5.91 Å². The van der Waals surface area contributed by atoms with Crippen molar-refractivity contribution < 1.29 is 27.8 Å². The van der Waals surface area contributed by atoms with Crippen molar-refractivity contribution in [1.82, 2.24) is 5.32 Å². The van der Waals surface area contributed by atoms with E-state index in [4.69, 9.17) is 4.42 Å². The van der Waals surface area contributed by atoms with Crippen molar-refractivity contribution in [3.63, 3.8) is 0 Å². The zero-order valence-corrected chi connectivity index (χ0v) is 13.4. The topological polar surface area (TPSA) is 71.7 Å². The van der Waals surface area contributed by atoms with Gasteiger partial charge in [-0.2, -0.15) is 8.78 Å². The minimum atomic E-state index is -2.96. The molecular formula is C17H19F2NO4. The molecule has 1 aromatic heterocycles. The molecule has 7 heteroatoms. The lowest BCUT2D eigenvalue weighted by Gasteiger charge is -2.21. The van der Waals surface area contributed by atoms with Crippen molar-refractivity contribution in [3.8, 4) is 5.75 Å². The number of halogens is 2. The Morgan fingerprint density at radius 3 is 2.67 bits per heavy atom. The Balaban J connectivity index is 1.96. The molecule has 0 radical (unpaired) electrons. The smallest absolute Gasteiger partial charge is 0.387 e. The first-order valence-electron chi connectivity index (χ1n) is 7.36. The van der Waals surface area contributed by atoms with Crippen LogP contribution in [0.1, 0.15) is 24.0 Å². The van der Waals surface area contributed by atoms with E-state index in [1.54, 1.807) is 31.2 Å². The van der Waals surface area contributed by atoms with Crippen LogP contribution in [-0.2, 0) is 16.8 Å². The third-order valence-electron chi connectivity index (χ3n) is 3.44. The summed E-state index contributed by atoms with van der Waals surface area (Å²) in [5, 5.41) is 12.9. The highest BCUT2D eigenvalue weighted by Gasteiger charge is 2.27. The molecule has 0 aliphatic carbocycles. The number of aryl methyl sites for hydroxylation is 1. The minimum Gasteiger partial charge on any atom is -0.463 e. The van der Waals surface area contributed by atoms with Gasteiger partial charge in [0.15, 0.2) is 0 Å². The maximum atomic E-state index is 12.4. The average molecular weight is 339 g/mol. The number of benzene rings is 1. The molecule has 0 aliphatic rings. The molecular weight excluding hydrogens is 320 g/mol. The summed E-state index contributed by atoms with van der Waals surface area (Å²) >= 11 is 0. The molecule has 1 atom stereocenters. The van der Waals surface area contributed by atoms with Gasteiger partial charge in [-0.3, -0.25) is 4.79 Å². The molecule has 0 saturated heterocycles. The Morgan fingerprint density at radius 2 is 2.04 bits per heavy atom. The summed E-state index contributed by atoms with van der Waals surface area (Å²) < 4.78 is 34.5. The van der Waals surface area contributed by atoms with Crippen LogP contribution in [0.4, 0.5) is 8.78 Å². The molecule has 0 saturated carbocycles. The highest BCUT2D eigenvalue weighted by molar-refractivity contribution is 5.79. The number of aliphatic hydroxyl groups is 1. The zero-order chi connectivity index (χ0) is 17.7. The van der Waals surface area contributed by atoms with Gasteiger partial charge in [0.05, 0.1) is 13.0 Å². The van der Waals surface area contributed by atoms with E-state index in [0.717, 1.165) is 0 Å². The largest absolute Gasteiger partial charge is 0.463 e. The number of nitrogens with one attached hydrogen (secondary N) is 1. The van der Waals surface area contributed by atoms with Crippen LogP contribution in [0.2, 0.25) is 0 Å². The second-order valence-corrected chi connectivity index (χ2v) is 5.62. The fraction of sp³-hybridized carbons (Fsp3) is 0.353. The standard InChI is InChI=1S/C17H19F2NO4/c1-11-7-8-14(23-11)17(2,22)10-20-15(21)9-12-5-3-4-6-13(12)24-16(18)19/h3-8,16,22H,9-10H2,1-2H3,(H,20,21). The third-order valence-corrected chi connectivity index (χ3v) is 3.44. The number of rotatable bonds is 7. The second-order valence-electron chi connectivity index (χ2n) is 5.62. The Morgan fingerprint density at radius 1 is 1.33 bits per heavy atom. The second kappa shape index (κ2) is 7.44. The maximum Gasteiger partial charge on any atom is 0.387 e. The molecule has 1 heterocycles. The molecule has 1 aromatic carbocycles. The molecule has 1 amide bonds. The summed E-state index contributed by atoms with van der Waals surface area (Å²) in [4.78, 5) is 12.0. The molecule has 2 rings (SSSR count). The van der Waals surface area contributed by atoms with Gasteiger partial charge in [0.2, 0.25) is 5.91 Å². The number of ether oxygens (including phenoxy) is 1. The molecule has 0 aliphatic heterocycles. The van der Waals surface area contributed by atoms with E-state index in [9.17, 15) is 18.7 Å². The number of para-hydroxylation sites is 1. The van der Waals surface area contributed by atoms with Crippen LogP contribution in [0.5, 0.6) is 5.75 Å². The lowest BCUT2D eigenvalue weighted by molar-refractivity contribution is -0.122. The Kier molecular flexibility index (Phi) is 5.56. The molecule has 2 aromatic rings. The number of hydrogen-bond donors (Lipinski definition) is 2. The highest BCUT2D eigenvalue weighted by Crippen LogP contribution is 2.23. The Bertz CT molecular complexity index is 697. The molecule has 1 unspecified atom stereocenters. The Labute approximate surface area is 138 Å². The van der Waals surface area contributed by atoms with E-state index in [1.807, 2.05) is 0 Å². The fourth-order valence-corrected chi connectivity index (χ4v) is 2.18. The summed E-state index contributed by atoms with van der Waals surface area (Å²) in [6.07, 6.45) is -0.143. The lowest BCUT2D eigenvalue weighted by atomic mass is 10.0. The summed E-state index contributed by atoms with van der Waals surface area (Å²) in [5.74, 6) is 0.511. The number of carbonyl (C=O) groups excluding carboxylic acids is 1. The maximum absolute atomic E-state index is 12.4. The SMILES string of the molecule is Cc1ccc(C(C)(O)CNC(=O)Cc2ccccc2OC(F)F)o1. The van der Waals surface area contributed by atoms with Crippen LogP contribution in [0.3, 0.4) is 0 Å². The first kappa shape index (κ1) is 17.9. The van der Waals surface area contributed by atoms with Gasteiger partial charge in [-0.25, -0.2) is 0 Å². The molecule has 24 heavy (non-hydrogen) atoms. The third kappa shape index (κ3) is 4.79. The zero-order valence-electron chi connectivity index (χ0n) is 13.4. The molecule has 130 valence electrons. The molecule has 0 bridgehead atoms. The van der Waals surface area contributed by atoms with Crippen LogP contribution in [0.25, 0.3) is 0 Å². The van der Waals surface area contributed by atoms with Gasteiger partial charge in [-0.15, -0.1) is 0 Å². The number of furan rings is 1. The first-order valence-corrected chi connectivity index (χ1v) is 7.36. The predicted octanol–water partition coefficient (Wildman–Crippen LogP) is 2.76. The van der Waals surface area contributed by atoms with Gasteiger partial charge in [0.25, 0.3) is 0 Å². The van der Waals surface area contributed by atoms with Gasteiger partial charge in [0, 0.05) is 5.56 Å². The molecule has 0 spiro atoms. The van der Waals surface area contributed by atoms with Crippen molar-refractivity contribution in [2.75, 3.05) is 6.54 Å². The fourth-order valence-electron chi connectivity index (χ4n) is 2.18. The number of carbonyl (C=O) groups is 1. The van der Waals surface area contributed by atoms with Crippen LogP contribution in [0.15, 0.2) is 40.8 Å². The quantitative estimate of drug-likeness (QED) is 0.814. The average Bonchev–Trinajstić information content (AvgIpc) is 2.94. The van der Waals surface area contributed by atoms with Crippen molar-refractivity contribution in [1.29, 1.82) is 0 Å². The predicted molar refractivity (Wildman–Crippen MR) is 82.8 cm³/mol. The normalized spacial score (nSPS) is 13.6. The minimum absolute atomic E-state index is 0.0453. The van der Waals surface area contributed by atoms with E-state index in [0.29, 0.717) is 17.1 Å². The van der Waals surface area contributed by atoms with Gasteiger partial charge >= 0.3 is 6.61 Å². The lowest BCUT2D eigenvalue weighted by Crippen LogP contribution is -2.39. The molecule has 0 fully saturated rings. The Hall–Kier alpha value is -2.41. The van der Waals surface area contributed by atoms with Gasteiger partial charge in [-0.1, -0.05) is 18.2 Å². The summed E-state index contributed by atoms with van der Waals surface area (Å²) in [6, 6.07) is 9.42. The molecule has 5 nitrogen and oxygen atoms in total. The van der Waals surface area contributed by atoms with E-state index in [1.165, 1.54) is 19.1 Å². The van der Waals surface area contributed by atoms with Gasteiger partial charge < -0.3 is 19.6 Å². The highest BCUT2D eigenvalue weighted by atomic mass is 19.3. The van der Waals surface area contributed by atoms with Crippen LogP contribution in [0, 0.1) is 6.92 Å². The summed E-state index contributed by atoms with van der Waals surface area (Å²) in [6.45, 7) is 0.228. The number of alkyl halides is 2. The van der Waals surface area contributed by atoms with Crippen molar-refractivity contribution in [3.05, 3.63) is 53.5 Å². The van der Waals surface area contributed by atoms with E-state index in [-0.39, 0.29) is 18.7 Å². The van der Waals surface area contributed by atoms with E-state index >= 15 is 0 Å². The monoisotopic (exact) mass is 339 g/mol. The van der Waals surface area contributed by atoms with Crippen LogP contribution >= 0.6 is 0 Å². The van der Waals surface area contributed by atoms with Crippen molar-refractivity contribution in [2.24, 2.45) is 0 Å². The van der Waals surface area contributed by atoms with Crippen LogP contribution < -0.4 is 10.1 Å².